The molecule has 0 bridgehead atoms. The summed E-state index contributed by atoms with van der Waals surface area (Å²) in [6, 6.07) is 1.18. The van der Waals surface area contributed by atoms with Gasteiger partial charge in [0.25, 0.3) is 0 Å². The van der Waals surface area contributed by atoms with Crippen molar-refractivity contribution < 1.29 is 35.9 Å². The van der Waals surface area contributed by atoms with E-state index in [2.05, 4.69) is 5.32 Å². The number of rotatable bonds is 4. The van der Waals surface area contributed by atoms with Gasteiger partial charge in [-0.25, -0.2) is 0 Å². The lowest BCUT2D eigenvalue weighted by Crippen LogP contribution is -2.24. The molecule has 1 aromatic carbocycles. The predicted molar refractivity (Wildman–Crippen MR) is 64.9 cm³/mol. The minimum Gasteiger partial charge on any atom is -0.364 e. The molecular weight excluding hydrogens is 316 g/mol. The molecule has 1 aromatic rings. The van der Waals surface area contributed by atoms with Gasteiger partial charge in [-0.1, -0.05) is 0 Å². The van der Waals surface area contributed by atoms with Gasteiger partial charge < -0.3 is 10.1 Å². The Bertz CT molecular complexity index is 506. The predicted octanol–water partition coefficient (Wildman–Crippen LogP) is 3.55. The van der Waals surface area contributed by atoms with Crippen molar-refractivity contribution in [1.82, 2.24) is 5.32 Å². The van der Waals surface area contributed by atoms with Gasteiger partial charge in [0.2, 0.25) is 5.91 Å². The highest BCUT2D eigenvalue weighted by molar-refractivity contribution is 5.76. The number of carbonyl (C=O) groups is 1. The molecule has 1 amide bonds. The van der Waals surface area contributed by atoms with Gasteiger partial charge >= 0.3 is 12.4 Å². The zero-order chi connectivity index (χ0) is 17.1. The summed E-state index contributed by atoms with van der Waals surface area (Å²) in [5, 5.41) is 2.22. The van der Waals surface area contributed by atoms with Gasteiger partial charge in [0.05, 0.1) is 17.2 Å². The number of hydrogen-bond donors (Lipinski definition) is 1. The van der Waals surface area contributed by atoms with Crippen LogP contribution in [0.25, 0.3) is 0 Å². The van der Waals surface area contributed by atoms with Gasteiger partial charge in [0, 0.05) is 7.05 Å². The Balaban J connectivity index is 3.15. The molecule has 9 heteroatoms. The first-order chi connectivity index (χ1) is 9.95. The molecule has 0 radical (unpaired) electrons. The number of ether oxygens (including phenoxy) is 1. The van der Waals surface area contributed by atoms with Crippen molar-refractivity contribution in [1.29, 1.82) is 0 Å². The molecule has 1 N–H and O–H groups in total. The number of benzene rings is 1. The molecule has 0 aliphatic heterocycles. The van der Waals surface area contributed by atoms with Gasteiger partial charge in [0.1, 0.15) is 6.61 Å². The third kappa shape index (κ3) is 4.90. The third-order valence-electron chi connectivity index (χ3n) is 2.82. The van der Waals surface area contributed by atoms with Crippen LogP contribution in [0.3, 0.4) is 0 Å². The molecule has 22 heavy (non-hydrogen) atoms. The van der Waals surface area contributed by atoms with Gasteiger partial charge in [-0.2, -0.15) is 26.3 Å². The second-order valence-electron chi connectivity index (χ2n) is 4.47. The minimum absolute atomic E-state index is 0.0367. The zero-order valence-corrected chi connectivity index (χ0v) is 11.6. The van der Waals surface area contributed by atoms with Crippen LogP contribution in [-0.4, -0.2) is 19.6 Å². The van der Waals surface area contributed by atoms with E-state index in [1.54, 1.807) is 0 Å². The van der Waals surface area contributed by atoms with Gasteiger partial charge in [-0.15, -0.1) is 0 Å². The maximum atomic E-state index is 12.7. The summed E-state index contributed by atoms with van der Waals surface area (Å²) in [7, 11) is 1.32. The summed E-state index contributed by atoms with van der Waals surface area (Å²) in [6.45, 7) is 0.786. The largest absolute Gasteiger partial charge is 0.416 e. The molecular formula is C13H13F6NO2. The van der Waals surface area contributed by atoms with E-state index in [1.165, 1.54) is 14.0 Å². The van der Waals surface area contributed by atoms with E-state index in [-0.39, 0.29) is 11.6 Å². The Morgan fingerprint density at radius 3 is 1.91 bits per heavy atom. The Kier molecular flexibility index (Phi) is 5.44. The molecule has 1 unspecified atom stereocenters. The Morgan fingerprint density at radius 1 is 1.09 bits per heavy atom. The Labute approximate surface area is 122 Å². The highest BCUT2D eigenvalue weighted by Crippen LogP contribution is 2.37. The van der Waals surface area contributed by atoms with Crippen molar-refractivity contribution in [2.24, 2.45) is 0 Å². The molecule has 0 saturated heterocycles. The van der Waals surface area contributed by atoms with Crippen molar-refractivity contribution in [3.63, 3.8) is 0 Å². The van der Waals surface area contributed by atoms with Crippen LogP contribution in [0.1, 0.15) is 29.7 Å². The minimum atomic E-state index is -4.92. The molecule has 3 nitrogen and oxygen atoms in total. The quantitative estimate of drug-likeness (QED) is 0.858. The average Bonchev–Trinajstić information content (AvgIpc) is 2.41. The number of carbonyl (C=O) groups excluding carboxylic acids is 1. The van der Waals surface area contributed by atoms with Crippen LogP contribution in [0.2, 0.25) is 0 Å². The number of amides is 1. The van der Waals surface area contributed by atoms with E-state index in [1.807, 2.05) is 0 Å². The molecule has 0 heterocycles. The van der Waals surface area contributed by atoms with E-state index in [0.29, 0.717) is 12.1 Å². The fourth-order valence-corrected chi connectivity index (χ4v) is 1.58. The van der Waals surface area contributed by atoms with Gasteiger partial charge in [-0.3, -0.25) is 4.79 Å². The maximum Gasteiger partial charge on any atom is 0.416 e. The van der Waals surface area contributed by atoms with Crippen molar-refractivity contribution in [2.75, 3.05) is 13.7 Å². The fraction of sp³-hybridized carbons (Fsp3) is 0.462. The summed E-state index contributed by atoms with van der Waals surface area (Å²) < 4.78 is 81.1. The number of likely N-dealkylation sites (N-methyl/N-ethyl adjacent to an activating group) is 1. The number of halogens is 6. The second kappa shape index (κ2) is 6.55. The molecule has 1 rings (SSSR count). The van der Waals surface area contributed by atoms with E-state index >= 15 is 0 Å². The molecule has 0 fully saturated rings. The number of alkyl halides is 6. The lowest BCUT2D eigenvalue weighted by molar-refractivity contribution is -0.143. The summed E-state index contributed by atoms with van der Waals surface area (Å²) in [4.78, 5) is 11.0. The summed E-state index contributed by atoms with van der Waals surface area (Å²) in [5.41, 5.74) is -3.16. The van der Waals surface area contributed by atoms with Crippen molar-refractivity contribution in [3.05, 3.63) is 34.9 Å². The molecule has 0 aliphatic carbocycles. The highest BCUT2D eigenvalue weighted by Gasteiger charge is 2.37. The van der Waals surface area contributed by atoms with Gasteiger partial charge in [0.15, 0.2) is 0 Å². The SMILES string of the molecule is CNC(=O)COC(C)c1cc(C(F)(F)F)cc(C(F)(F)F)c1. The first kappa shape index (κ1) is 18.3. The van der Waals surface area contributed by atoms with Crippen LogP contribution < -0.4 is 5.32 Å². The number of hydrogen-bond acceptors (Lipinski definition) is 2. The standard InChI is InChI=1S/C13H13F6NO2/c1-7(22-6-11(21)20-2)8-3-9(12(14,15)16)5-10(4-8)13(17,18)19/h3-5,7H,6H2,1-2H3,(H,20,21). The van der Waals surface area contributed by atoms with Crippen LogP contribution >= 0.6 is 0 Å². The lowest BCUT2D eigenvalue weighted by Gasteiger charge is -2.18. The smallest absolute Gasteiger partial charge is 0.364 e. The van der Waals surface area contributed by atoms with Crippen LogP contribution in [-0.2, 0) is 21.9 Å². The van der Waals surface area contributed by atoms with E-state index in [9.17, 15) is 31.1 Å². The van der Waals surface area contributed by atoms with Crippen LogP contribution in [0.4, 0.5) is 26.3 Å². The van der Waals surface area contributed by atoms with Gasteiger partial charge in [-0.05, 0) is 30.7 Å². The zero-order valence-electron chi connectivity index (χ0n) is 11.6. The molecule has 0 aromatic heterocycles. The second-order valence-corrected chi connectivity index (χ2v) is 4.47. The third-order valence-corrected chi connectivity index (χ3v) is 2.82. The summed E-state index contributed by atoms with van der Waals surface area (Å²) >= 11 is 0. The normalized spacial score (nSPS) is 13.8. The van der Waals surface area contributed by atoms with Crippen LogP contribution in [0, 0.1) is 0 Å². The molecule has 124 valence electrons. The average molecular weight is 329 g/mol. The van der Waals surface area contributed by atoms with Crippen LogP contribution in [0.5, 0.6) is 0 Å². The molecule has 1 atom stereocenters. The first-order valence-corrected chi connectivity index (χ1v) is 6.06. The summed E-state index contributed by atoms with van der Waals surface area (Å²) in [6.07, 6.45) is -11.0. The van der Waals surface area contributed by atoms with Crippen molar-refractivity contribution >= 4 is 5.91 Å². The summed E-state index contributed by atoms with van der Waals surface area (Å²) in [5.74, 6) is -0.546. The highest BCUT2D eigenvalue weighted by atomic mass is 19.4. The van der Waals surface area contributed by atoms with Crippen molar-refractivity contribution in [3.8, 4) is 0 Å². The Morgan fingerprint density at radius 2 is 1.55 bits per heavy atom. The van der Waals surface area contributed by atoms with E-state index in [0.717, 1.165) is 0 Å². The lowest BCUT2D eigenvalue weighted by atomic mass is 10.0. The van der Waals surface area contributed by atoms with Crippen LogP contribution in [0.15, 0.2) is 18.2 Å². The van der Waals surface area contributed by atoms with E-state index in [4.69, 9.17) is 4.74 Å². The van der Waals surface area contributed by atoms with E-state index < -0.39 is 42.1 Å². The molecule has 0 aliphatic rings. The topological polar surface area (TPSA) is 38.3 Å². The Hall–Kier alpha value is -1.77. The van der Waals surface area contributed by atoms with Crippen molar-refractivity contribution in [2.45, 2.75) is 25.4 Å². The maximum absolute atomic E-state index is 12.7. The molecule has 0 spiro atoms. The molecule has 0 saturated carbocycles. The first-order valence-electron chi connectivity index (χ1n) is 6.06. The monoisotopic (exact) mass is 329 g/mol. The number of nitrogens with one attached hydrogen (secondary N) is 1. The fourth-order valence-electron chi connectivity index (χ4n) is 1.58.